The molecule has 1 rings (SSSR count). The molecule has 0 fully saturated rings. The van der Waals surface area contributed by atoms with Gasteiger partial charge in [-0.25, -0.2) is 0 Å². The molecule has 3 nitrogen and oxygen atoms in total. The molecule has 0 aliphatic carbocycles. The average Bonchev–Trinajstić information content (AvgIpc) is 2.29. The van der Waals surface area contributed by atoms with Gasteiger partial charge in [-0.2, -0.15) is 11.8 Å². The van der Waals surface area contributed by atoms with E-state index in [0.717, 1.165) is 5.56 Å². The summed E-state index contributed by atoms with van der Waals surface area (Å²) in [7, 11) is 0. The molecule has 16 heavy (non-hydrogen) atoms. The molecule has 4 heteroatoms. The molecule has 2 atom stereocenters. The summed E-state index contributed by atoms with van der Waals surface area (Å²) in [5.74, 6) is 0.312. The zero-order valence-electron chi connectivity index (χ0n) is 9.68. The number of thioether (sulfide) groups is 1. The molecule has 0 aliphatic rings. The van der Waals surface area contributed by atoms with Gasteiger partial charge in [-0.1, -0.05) is 18.2 Å². The maximum absolute atomic E-state index is 9.58. The fraction of sp³-hybridized carbons (Fsp3) is 0.500. The van der Waals surface area contributed by atoms with Crippen molar-refractivity contribution in [1.29, 1.82) is 0 Å². The molecule has 3 N–H and O–H groups in total. The predicted octanol–water partition coefficient (Wildman–Crippen LogP) is 1.59. The molecular formula is C12H19NO2S. The molecule has 0 amide bonds. The lowest BCUT2D eigenvalue weighted by Crippen LogP contribution is -2.37. The van der Waals surface area contributed by atoms with Gasteiger partial charge in [-0.05, 0) is 19.2 Å². The molecule has 0 radical (unpaired) electrons. The van der Waals surface area contributed by atoms with Crippen molar-refractivity contribution in [3.05, 3.63) is 29.8 Å². The van der Waals surface area contributed by atoms with Crippen LogP contribution in [0.3, 0.4) is 0 Å². The van der Waals surface area contributed by atoms with Gasteiger partial charge >= 0.3 is 0 Å². The molecule has 2 unspecified atom stereocenters. The van der Waals surface area contributed by atoms with Crippen molar-refractivity contribution >= 4 is 11.8 Å². The number of hydrogen-bond donors (Lipinski definition) is 3. The van der Waals surface area contributed by atoms with Crippen molar-refractivity contribution in [2.45, 2.75) is 24.8 Å². The van der Waals surface area contributed by atoms with E-state index in [0.29, 0.717) is 12.3 Å². The Balaban J connectivity index is 2.48. The zero-order valence-corrected chi connectivity index (χ0v) is 10.5. The van der Waals surface area contributed by atoms with Crippen molar-refractivity contribution in [3.63, 3.8) is 0 Å². The highest BCUT2D eigenvalue weighted by Crippen LogP contribution is 2.16. The van der Waals surface area contributed by atoms with Crippen molar-refractivity contribution in [1.82, 2.24) is 5.32 Å². The van der Waals surface area contributed by atoms with Crippen LogP contribution in [0.15, 0.2) is 24.3 Å². The second-order valence-corrected chi connectivity index (χ2v) is 4.83. The molecule has 0 spiro atoms. The van der Waals surface area contributed by atoms with Gasteiger partial charge in [0, 0.05) is 23.4 Å². The van der Waals surface area contributed by atoms with Crippen LogP contribution >= 0.6 is 11.8 Å². The summed E-state index contributed by atoms with van der Waals surface area (Å²) in [6.07, 6.45) is 1.99. The van der Waals surface area contributed by atoms with Crippen LogP contribution in [-0.2, 0) is 6.54 Å². The molecule has 90 valence electrons. The summed E-state index contributed by atoms with van der Waals surface area (Å²) in [5, 5.41) is 22.2. The van der Waals surface area contributed by atoms with Gasteiger partial charge in [0.2, 0.25) is 0 Å². The van der Waals surface area contributed by atoms with Crippen LogP contribution < -0.4 is 5.32 Å². The lowest BCUT2D eigenvalue weighted by atomic mass is 10.1. The number of phenolic OH excluding ortho intramolecular Hbond substituents is 1. The Kier molecular flexibility index (Phi) is 5.66. The smallest absolute Gasteiger partial charge is 0.120 e. The minimum Gasteiger partial charge on any atom is -0.508 e. The minimum atomic E-state index is 0.163. The summed E-state index contributed by atoms with van der Waals surface area (Å²) in [6, 6.07) is 7.49. The highest BCUT2D eigenvalue weighted by molar-refractivity contribution is 7.99. The predicted molar refractivity (Wildman–Crippen MR) is 68.8 cm³/mol. The number of para-hydroxylation sites is 1. The first kappa shape index (κ1) is 13.4. The van der Waals surface area contributed by atoms with Crippen molar-refractivity contribution in [2.75, 3.05) is 12.9 Å². The summed E-state index contributed by atoms with van der Waals surface area (Å²) in [4.78, 5) is 0. The summed E-state index contributed by atoms with van der Waals surface area (Å²) in [5.41, 5.74) is 0.882. The lowest BCUT2D eigenvalue weighted by molar-refractivity contribution is 0.275. The van der Waals surface area contributed by atoms with E-state index < -0.39 is 0 Å². The Labute approximate surface area is 101 Å². The van der Waals surface area contributed by atoms with E-state index in [1.54, 1.807) is 23.9 Å². The molecule has 0 bridgehead atoms. The van der Waals surface area contributed by atoms with Gasteiger partial charge in [-0.15, -0.1) is 0 Å². The maximum atomic E-state index is 9.58. The maximum Gasteiger partial charge on any atom is 0.120 e. The number of aliphatic hydroxyl groups excluding tert-OH is 1. The van der Waals surface area contributed by atoms with Gasteiger partial charge in [0.25, 0.3) is 0 Å². The van der Waals surface area contributed by atoms with Crippen LogP contribution in [0.2, 0.25) is 0 Å². The summed E-state index contributed by atoms with van der Waals surface area (Å²) in [6.45, 7) is 2.82. The standard InChI is InChI=1S/C12H19NO2S/c1-9(12(8-14)16-2)13-7-10-5-3-4-6-11(10)15/h3-6,9,12-15H,7-8H2,1-2H3. The van der Waals surface area contributed by atoms with E-state index in [-0.39, 0.29) is 17.9 Å². The number of nitrogens with one attached hydrogen (secondary N) is 1. The van der Waals surface area contributed by atoms with E-state index >= 15 is 0 Å². The highest BCUT2D eigenvalue weighted by atomic mass is 32.2. The molecule has 0 aromatic heterocycles. The third-order valence-electron chi connectivity index (χ3n) is 2.65. The number of aromatic hydroxyl groups is 1. The fourth-order valence-electron chi connectivity index (χ4n) is 1.50. The van der Waals surface area contributed by atoms with Crippen molar-refractivity contribution in [2.24, 2.45) is 0 Å². The van der Waals surface area contributed by atoms with Gasteiger partial charge in [0.1, 0.15) is 5.75 Å². The van der Waals surface area contributed by atoms with Crippen LogP contribution in [0.4, 0.5) is 0 Å². The fourth-order valence-corrected chi connectivity index (χ4v) is 2.15. The van der Waals surface area contributed by atoms with E-state index in [2.05, 4.69) is 5.32 Å². The lowest BCUT2D eigenvalue weighted by Gasteiger charge is -2.21. The average molecular weight is 241 g/mol. The van der Waals surface area contributed by atoms with Gasteiger partial charge in [0.05, 0.1) is 6.61 Å². The third-order valence-corrected chi connectivity index (χ3v) is 3.81. The molecule has 0 heterocycles. The molecule has 0 saturated heterocycles. The van der Waals surface area contributed by atoms with Crippen LogP contribution in [0.25, 0.3) is 0 Å². The second-order valence-electron chi connectivity index (χ2n) is 3.76. The van der Waals surface area contributed by atoms with Crippen LogP contribution in [-0.4, -0.2) is 34.4 Å². The van der Waals surface area contributed by atoms with Gasteiger partial charge in [0.15, 0.2) is 0 Å². The zero-order chi connectivity index (χ0) is 12.0. The Morgan fingerprint density at radius 2 is 2.06 bits per heavy atom. The minimum absolute atomic E-state index is 0.163. The Morgan fingerprint density at radius 1 is 1.38 bits per heavy atom. The number of rotatable bonds is 6. The highest BCUT2D eigenvalue weighted by Gasteiger charge is 2.14. The first-order valence-electron chi connectivity index (χ1n) is 5.33. The van der Waals surface area contributed by atoms with Crippen molar-refractivity contribution < 1.29 is 10.2 Å². The molecular weight excluding hydrogens is 222 g/mol. The van der Waals surface area contributed by atoms with E-state index in [4.69, 9.17) is 5.11 Å². The number of benzene rings is 1. The van der Waals surface area contributed by atoms with E-state index in [9.17, 15) is 5.11 Å². The van der Waals surface area contributed by atoms with Crippen LogP contribution in [0, 0.1) is 0 Å². The van der Waals surface area contributed by atoms with E-state index in [1.807, 2.05) is 25.3 Å². The molecule has 0 saturated carbocycles. The molecule has 1 aromatic carbocycles. The normalized spacial score (nSPS) is 14.7. The van der Waals surface area contributed by atoms with Crippen LogP contribution in [0.5, 0.6) is 5.75 Å². The second kappa shape index (κ2) is 6.78. The van der Waals surface area contributed by atoms with Crippen LogP contribution in [0.1, 0.15) is 12.5 Å². The number of hydrogen-bond acceptors (Lipinski definition) is 4. The topological polar surface area (TPSA) is 52.5 Å². The van der Waals surface area contributed by atoms with Gasteiger partial charge < -0.3 is 15.5 Å². The summed E-state index contributed by atoms with van der Waals surface area (Å²) >= 11 is 1.64. The molecule has 0 aliphatic heterocycles. The Hall–Kier alpha value is -0.710. The number of aliphatic hydroxyl groups is 1. The van der Waals surface area contributed by atoms with Gasteiger partial charge in [-0.3, -0.25) is 0 Å². The summed E-state index contributed by atoms with van der Waals surface area (Å²) < 4.78 is 0. The Morgan fingerprint density at radius 3 is 2.62 bits per heavy atom. The molecule has 1 aromatic rings. The number of phenols is 1. The largest absolute Gasteiger partial charge is 0.508 e. The quantitative estimate of drug-likeness (QED) is 0.708. The SMILES string of the molecule is CSC(CO)C(C)NCc1ccccc1O. The first-order valence-corrected chi connectivity index (χ1v) is 6.61. The monoisotopic (exact) mass is 241 g/mol. The Bertz CT molecular complexity index is 316. The van der Waals surface area contributed by atoms with Crippen molar-refractivity contribution in [3.8, 4) is 5.75 Å². The third kappa shape index (κ3) is 3.70. The first-order chi connectivity index (χ1) is 7.69. The van der Waals surface area contributed by atoms with E-state index in [1.165, 1.54) is 0 Å².